The van der Waals surface area contributed by atoms with Crippen molar-refractivity contribution >= 4 is 20.9 Å². The lowest BCUT2D eigenvalue weighted by atomic mass is 10.1. The number of hydrogen-bond acceptors (Lipinski definition) is 5. The Hall–Kier alpha value is -3.07. The summed E-state index contributed by atoms with van der Waals surface area (Å²) < 4.78 is 41.9. The van der Waals surface area contributed by atoms with E-state index >= 15 is 0 Å². The molecule has 0 radical (unpaired) electrons. The van der Waals surface area contributed by atoms with Crippen LogP contribution in [0.3, 0.4) is 0 Å². The Balaban J connectivity index is 1.67. The van der Waals surface area contributed by atoms with Crippen LogP contribution >= 0.6 is 0 Å². The number of halogens is 1. The molecule has 0 fully saturated rings. The third-order valence-electron chi connectivity index (χ3n) is 5.83. The van der Waals surface area contributed by atoms with Crippen LogP contribution in [0.5, 0.6) is 0 Å². The molecule has 0 aliphatic carbocycles. The molecule has 6 nitrogen and oxygen atoms in total. The lowest BCUT2D eigenvalue weighted by Crippen LogP contribution is -2.24. The minimum absolute atomic E-state index is 0.244. The van der Waals surface area contributed by atoms with Crippen LogP contribution in [0.4, 0.5) is 4.39 Å². The first-order chi connectivity index (χ1) is 16.5. The highest BCUT2D eigenvalue weighted by atomic mass is 32.2. The molecule has 34 heavy (non-hydrogen) atoms. The molecule has 0 aliphatic heterocycles. The molecule has 0 atom stereocenters. The summed E-state index contributed by atoms with van der Waals surface area (Å²) in [6.07, 6.45) is 6.09. The minimum Gasteiger partial charge on any atom is -0.330 e. The predicted molar refractivity (Wildman–Crippen MR) is 132 cm³/mol. The van der Waals surface area contributed by atoms with Crippen LogP contribution in [0.1, 0.15) is 30.4 Å². The topological polar surface area (TPSA) is 81.2 Å². The van der Waals surface area contributed by atoms with E-state index in [0.29, 0.717) is 25.2 Å². The maximum absolute atomic E-state index is 13.7. The second-order valence-electron chi connectivity index (χ2n) is 8.33. The number of aromatic nitrogens is 2. The van der Waals surface area contributed by atoms with Crippen molar-refractivity contribution in [3.63, 3.8) is 0 Å². The standard InChI is InChI=1S/C26H29FN4O2S/c27-26-17-21(13-15-29-26)18-30(16-8-2-7-14-28)19-22-20-31(25-12-6-5-11-24(22)25)34(32,33)23-9-3-1-4-10-23/h1,3-6,9-13,15,17,20H,2,7-8,14,16,18-19,28H2. The number of nitrogens with two attached hydrogens (primary N) is 1. The number of unbranched alkanes of at least 4 members (excludes halogenated alkanes) is 2. The number of hydrogen-bond donors (Lipinski definition) is 1. The van der Waals surface area contributed by atoms with Gasteiger partial charge in [0, 0.05) is 30.9 Å². The summed E-state index contributed by atoms with van der Waals surface area (Å²) in [5.74, 6) is -0.508. The van der Waals surface area contributed by atoms with E-state index in [2.05, 4.69) is 9.88 Å². The zero-order chi connectivity index (χ0) is 24.0. The van der Waals surface area contributed by atoms with Crippen molar-refractivity contribution in [3.05, 3.63) is 96.2 Å². The van der Waals surface area contributed by atoms with E-state index in [4.69, 9.17) is 5.73 Å². The van der Waals surface area contributed by atoms with Crippen molar-refractivity contribution in [1.82, 2.24) is 13.9 Å². The molecule has 0 unspecified atom stereocenters. The second-order valence-corrected chi connectivity index (χ2v) is 10.1. The Morgan fingerprint density at radius 2 is 1.71 bits per heavy atom. The van der Waals surface area contributed by atoms with E-state index in [1.54, 1.807) is 42.6 Å². The molecule has 8 heteroatoms. The van der Waals surface area contributed by atoms with Gasteiger partial charge in [0.25, 0.3) is 10.0 Å². The summed E-state index contributed by atoms with van der Waals surface area (Å²) in [6, 6.07) is 19.2. The van der Waals surface area contributed by atoms with Crippen molar-refractivity contribution in [2.24, 2.45) is 5.73 Å². The van der Waals surface area contributed by atoms with Gasteiger partial charge >= 0.3 is 0 Å². The van der Waals surface area contributed by atoms with Crippen LogP contribution in [-0.2, 0) is 23.1 Å². The van der Waals surface area contributed by atoms with Crippen molar-refractivity contribution in [2.75, 3.05) is 13.1 Å². The van der Waals surface area contributed by atoms with Crippen LogP contribution < -0.4 is 5.73 Å². The van der Waals surface area contributed by atoms with Crippen LogP contribution in [0, 0.1) is 5.95 Å². The van der Waals surface area contributed by atoms with Crippen molar-refractivity contribution in [2.45, 2.75) is 37.2 Å². The summed E-state index contributed by atoms with van der Waals surface area (Å²) in [4.78, 5) is 6.11. The summed E-state index contributed by atoms with van der Waals surface area (Å²) in [5.41, 5.74) is 8.01. The molecule has 178 valence electrons. The molecule has 2 heterocycles. The fourth-order valence-corrected chi connectivity index (χ4v) is 5.57. The van der Waals surface area contributed by atoms with Crippen molar-refractivity contribution in [1.29, 1.82) is 0 Å². The van der Waals surface area contributed by atoms with E-state index in [9.17, 15) is 12.8 Å². The molecule has 0 bridgehead atoms. The monoisotopic (exact) mass is 480 g/mol. The molecule has 0 aliphatic rings. The van der Waals surface area contributed by atoms with Crippen LogP contribution in [0.15, 0.2) is 84.0 Å². The largest absolute Gasteiger partial charge is 0.330 e. The highest BCUT2D eigenvalue weighted by Crippen LogP contribution is 2.27. The molecule has 4 rings (SSSR count). The molecular formula is C26H29FN4O2S. The van der Waals surface area contributed by atoms with E-state index in [0.717, 1.165) is 42.3 Å². The maximum atomic E-state index is 13.7. The first-order valence-electron chi connectivity index (χ1n) is 11.4. The first-order valence-corrected chi connectivity index (χ1v) is 12.9. The van der Waals surface area contributed by atoms with Gasteiger partial charge in [-0.1, -0.05) is 42.8 Å². The fourth-order valence-electron chi connectivity index (χ4n) is 4.16. The van der Waals surface area contributed by atoms with Gasteiger partial charge in [-0.05, 0) is 67.4 Å². The van der Waals surface area contributed by atoms with Crippen LogP contribution in [0.25, 0.3) is 10.9 Å². The zero-order valence-electron chi connectivity index (χ0n) is 19.0. The Morgan fingerprint density at radius 1 is 0.941 bits per heavy atom. The van der Waals surface area contributed by atoms with Gasteiger partial charge in [0.1, 0.15) is 0 Å². The summed E-state index contributed by atoms with van der Waals surface area (Å²) in [5, 5.41) is 0.884. The third-order valence-corrected chi connectivity index (χ3v) is 7.52. The highest BCUT2D eigenvalue weighted by Gasteiger charge is 2.22. The first kappa shape index (κ1) is 24.1. The molecule has 4 aromatic rings. The lowest BCUT2D eigenvalue weighted by molar-refractivity contribution is 0.251. The summed E-state index contributed by atoms with van der Waals surface area (Å²) in [7, 11) is -3.74. The normalized spacial score (nSPS) is 12.0. The van der Waals surface area contributed by atoms with Gasteiger partial charge in [-0.3, -0.25) is 4.90 Å². The van der Waals surface area contributed by atoms with Crippen LogP contribution in [0.2, 0.25) is 0 Å². The van der Waals surface area contributed by atoms with Crippen molar-refractivity contribution in [3.8, 4) is 0 Å². The molecular weight excluding hydrogens is 451 g/mol. The number of benzene rings is 2. The van der Waals surface area contributed by atoms with Crippen LogP contribution in [-0.4, -0.2) is 35.4 Å². The van der Waals surface area contributed by atoms with Gasteiger partial charge in [0.15, 0.2) is 0 Å². The SMILES string of the molecule is NCCCCCN(Cc1ccnc(F)c1)Cc1cn(S(=O)(=O)c2ccccc2)c2ccccc12. The predicted octanol–water partition coefficient (Wildman–Crippen LogP) is 4.54. The Kier molecular flexibility index (Phi) is 7.72. The third kappa shape index (κ3) is 5.52. The second kappa shape index (κ2) is 10.9. The Bertz CT molecular complexity index is 1340. The van der Waals surface area contributed by atoms with Gasteiger partial charge in [0.05, 0.1) is 10.4 Å². The average Bonchev–Trinajstić information content (AvgIpc) is 3.21. The number of para-hydroxylation sites is 1. The van der Waals surface area contributed by atoms with Gasteiger partial charge in [-0.2, -0.15) is 4.39 Å². The van der Waals surface area contributed by atoms with E-state index < -0.39 is 16.0 Å². The fraction of sp³-hybridized carbons (Fsp3) is 0.269. The molecule has 0 saturated carbocycles. The summed E-state index contributed by atoms with van der Waals surface area (Å²) >= 11 is 0. The molecule has 0 amide bonds. The quantitative estimate of drug-likeness (QED) is 0.252. The number of nitrogens with zero attached hydrogens (tertiary/aromatic N) is 3. The molecule has 2 aromatic heterocycles. The van der Waals surface area contributed by atoms with Gasteiger partial charge in [-0.15, -0.1) is 0 Å². The number of rotatable bonds is 11. The van der Waals surface area contributed by atoms with Crippen molar-refractivity contribution < 1.29 is 12.8 Å². The minimum atomic E-state index is -3.74. The maximum Gasteiger partial charge on any atom is 0.268 e. The molecule has 2 N–H and O–H groups in total. The van der Waals surface area contributed by atoms with Gasteiger partial charge < -0.3 is 5.73 Å². The number of pyridine rings is 1. The molecule has 2 aromatic carbocycles. The lowest BCUT2D eigenvalue weighted by Gasteiger charge is -2.22. The highest BCUT2D eigenvalue weighted by molar-refractivity contribution is 7.90. The Labute approximate surface area is 199 Å². The van der Waals surface area contributed by atoms with E-state index in [1.165, 1.54) is 16.2 Å². The van der Waals surface area contributed by atoms with E-state index in [1.807, 2.05) is 24.3 Å². The smallest absolute Gasteiger partial charge is 0.268 e. The number of fused-ring (bicyclic) bond motifs is 1. The molecule has 0 spiro atoms. The average molecular weight is 481 g/mol. The summed E-state index contributed by atoms with van der Waals surface area (Å²) in [6.45, 7) is 2.51. The van der Waals surface area contributed by atoms with Gasteiger partial charge in [-0.25, -0.2) is 17.4 Å². The zero-order valence-corrected chi connectivity index (χ0v) is 19.8. The molecule has 0 saturated heterocycles. The van der Waals surface area contributed by atoms with E-state index in [-0.39, 0.29) is 4.90 Å². The van der Waals surface area contributed by atoms with Gasteiger partial charge in [0.2, 0.25) is 5.95 Å². The Morgan fingerprint density at radius 3 is 2.47 bits per heavy atom.